The number of aryl methyl sites for hydroxylation is 1. The largest absolute Gasteiger partial charge is 0.362 e. The normalized spacial score (nSPS) is 20.5. The number of rotatable bonds is 5. The molecule has 0 unspecified atom stereocenters. The number of benzene rings is 1. The fourth-order valence-corrected chi connectivity index (χ4v) is 4.68. The molecule has 0 bridgehead atoms. The molecule has 31 heavy (non-hydrogen) atoms. The number of hydrogen-bond acceptors (Lipinski definition) is 5. The van der Waals surface area contributed by atoms with Gasteiger partial charge in [-0.3, -0.25) is 0 Å². The zero-order valence-corrected chi connectivity index (χ0v) is 19.0. The molecule has 2 aliphatic rings. The summed E-state index contributed by atoms with van der Waals surface area (Å²) in [6.07, 6.45) is 8.30. The monoisotopic (exact) mass is 442 g/mol. The Kier molecular flexibility index (Phi) is 6.80. The van der Waals surface area contributed by atoms with E-state index in [1.165, 1.54) is 24.1 Å². The van der Waals surface area contributed by atoms with E-state index >= 15 is 0 Å². The Labute approximate surface area is 189 Å². The van der Waals surface area contributed by atoms with Crippen LogP contribution >= 0.6 is 11.6 Å². The minimum absolute atomic E-state index is 0.166. The molecule has 1 heterocycles. The van der Waals surface area contributed by atoms with Gasteiger partial charge in [0.05, 0.1) is 5.69 Å². The van der Waals surface area contributed by atoms with Crippen molar-refractivity contribution < 1.29 is 4.79 Å². The molecule has 1 aromatic heterocycles. The molecular weight excluding hydrogens is 412 g/mol. The van der Waals surface area contributed by atoms with E-state index in [4.69, 9.17) is 21.6 Å². The smallest absolute Gasteiger partial charge is 0.319 e. The van der Waals surface area contributed by atoms with Gasteiger partial charge in [-0.1, -0.05) is 17.7 Å². The Hall–Kier alpha value is -2.54. The highest BCUT2D eigenvalue weighted by atomic mass is 35.5. The lowest BCUT2D eigenvalue weighted by molar-refractivity contribution is 0.243. The standard InChI is InChI=1S/C23H31ClN6O/c1-30(2)21-19-8-3-4-9-20(19)28-22(29-21)25-16-10-12-17(13-11-16)26-23(31)27-18-7-5-6-15(24)14-18/h5-7,14,16-17H,3-4,8-13H2,1-2H3,(H,25,28,29)(H2,26,27,31). The average Bonchev–Trinajstić information content (AvgIpc) is 2.74. The highest BCUT2D eigenvalue weighted by Gasteiger charge is 2.24. The number of urea groups is 1. The van der Waals surface area contributed by atoms with Gasteiger partial charge in [0.15, 0.2) is 0 Å². The third-order valence-electron chi connectivity index (χ3n) is 6.06. The summed E-state index contributed by atoms with van der Waals surface area (Å²) in [7, 11) is 4.10. The molecule has 0 atom stereocenters. The van der Waals surface area contributed by atoms with Gasteiger partial charge in [-0.05, 0) is 69.6 Å². The number of hydrogen-bond donors (Lipinski definition) is 3. The summed E-state index contributed by atoms with van der Waals surface area (Å²) in [5.41, 5.74) is 3.20. The number of carbonyl (C=O) groups excluding carboxylic acids is 1. The van der Waals surface area contributed by atoms with Crippen LogP contribution in [0.15, 0.2) is 24.3 Å². The van der Waals surface area contributed by atoms with E-state index in [2.05, 4.69) is 20.9 Å². The summed E-state index contributed by atoms with van der Waals surface area (Å²) in [4.78, 5) is 24.0. The zero-order valence-electron chi connectivity index (χ0n) is 18.2. The van der Waals surface area contributed by atoms with Crippen molar-refractivity contribution in [2.45, 2.75) is 63.5 Å². The van der Waals surface area contributed by atoms with Gasteiger partial charge in [-0.15, -0.1) is 0 Å². The lowest BCUT2D eigenvalue weighted by Crippen LogP contribution is -2.42. The molecule has 0 radical (unpaired) electrons. The van der Waals surface area contributed by atoms with Crippen molar-refractivity contribution in [3.63, 3.8) is 0 Å². The number of aromatic nitrogens is 2. The first kappa shape index (κ1) is 21.7. The van der Waals surface area contributed by atoms with E-state index in [1.807, 2.05) is 26.2 Å². The van der Waals surface area contributed by atoms with Gasteiger partial charge in [0.1, 0.15) is 5.82 Å². The van der Waals surface area contributed by atoms with Gasteiger partial charge >= 0.3 is 6.03 Å². The summed E-state index contributed by atoms with van der Waals surface area (Å²) < 4.78 is 0. The fourth-order valence-electron chi connectivity index (χ4n) is 4.49. The third kappa shape index (κ3) is 5.58. The summed E-state index contributed by atoms with van der Waals surface area (Å²) >= 11 is 5.98. The molecule has 7 nitrogen and oxygen atoms in total. The molecule has 1 aromatic carbocycles. The number of nitrogens with one attached hydrogen (secondary N) is 3. The Balaban J connectivity index is 1.30. The van der Waals surface area contributed by atoms with Gasteiger partial charge in [-0.25, -0.2) is 9.78 Å². The van der Waals surface area contributed by atoms with Crippen molar-refractivity contribution >= 4 is 35.1 Å². The number of nitrogens with zero attached hydrogens (tertiary/aromatic N) is 3. The number of amides is 2. The predicted octanol–water partition coefficient (Wildman–Crippen LogP) is 4.62. The minimum atomic E-state index is -0.188. The first-order chi connectivity index (χ1) is 15.0. The maximum absolute atomic E-state index is 12.3. The maximum Gasteiger partial charge on any atom is 0.319 e. The molecule has 1 saturated carbocycles. The van der Waals surface area contributed by atoms with Crippen molar-refractivity contribution in [2.75, 3.05) is 29.6 Å². The molecule has 0 aliphatic heterocycles. The molecule has 1 fully saturated rings. The Morgan fingerprint density at radius 3 is 2.55 bits per heavy atom. The van der Waals surface area contributed by atoms with Gasteiger partial charge in [0.2, 0.25) is 5.95 Å². The van der Waals surface area contributed by atoms with Crippen LogP contribution in [-0.4, -0.2) is 42.2 Å². The molecule has 166 valence electrons. The second-order valence-electron chi connectivity index (χ2n) is 8.70. The number of halogens is 1. The van der Waals surface area contributed by atoms with Crippen LogP contribution in [0.2, 0.25) is 5.02 Å². The van der Waals surface area contributed by atoms with Gasteiger partial charge < -0.3 is 20.9 Å². The van der Waals surface area contributed by atoms with Gasteiger partial charge in [0.25, 0.3) is 0 Å². The van der Waals surface area contributed by atoms with E-state index in [0.29, 0.717) is 16.8 Å². The molecular formula is C23H31ClN6O. The Bertz CT molecular complexity index is 926. The van der Waals surface area contributed by atoms with Crippen molar-refractivity contribution in [2.24, 2.45) is 0 Å². The second kappa shape index (κ2) is 9.73. The molecule has 2 amide bonds. The SMILES string of the molecule is CN(C)c1nc(NC2CCC(NC(=O)Nc3cccc(Cl)c3)CC2)nc2c1CCCC2. The van der Waals surface area contributed by atoms with Crippen LogP contribution in [0.5, 0.6) is 0 Å². The Morgan fingerprint density at radius 2 is 1.81 bits per heavy atom. The van der Waals surface area contributed by atoms with Crippen LogP contribution < -0.4 is 20.9 Å². The number of anilines is 3. The highest BCUT2D eigenvalue weighted by molar-refractivity contribution is 6.30. The van der Waals surface area contributed by atoms with Crippen molar-refractivity contribution in [3.05, 3.63) is 40.5 Å². The first-order valence-corrected chi connectivity index (χ1v) is 11.5. The zero-order chi connectivity index (χ0) is 21.8. The van der Waals surface area contributed by atoms with Crippen molar-refractivity contribution in [1.29, 1.82) is 0 Å². The summed E-state index contributed by atoms with van der Waals surface area (Å²) in [5.74, 6) is 1.78. The van der Waals surface area contributed by atoms with Crippen molar-refractivity contribution in [3.8, 4) is 0 Å². The molecule has 0 saturated heterocycles. The minimum Gasteiger partial charge on any atom is -0.362 e. The van der Waals surface area contributed by atoms with Crippen LogP contribution in [0.1, 0.15) is 49.8 Å². The number of carbonyl (C=O) groups is 1. The van der Waals surface area contributed by atoms with Crippen LogP contribution in [0.4, 0.5) is 22.2 Å². The molecule has 8 heteroatoms. The van der Waals surface area contributed by atoms with Crippen LogP contribution in [-0.2, 0) is 12.8 Å². The maximum atomic E-state index is 12.3. The fraction of sp³-hybridized carbons (Fsp3) is 0.522. The quantitative estimate of drug-likeness (QED) is 0.629. The molecule has 4 rings (SSSR count). The Morgan fingerprint density at radius 1 is 1.06 bits per heavy atom. The van der Waals surface area contributed by atoms with E-state index in [1.54, 1.807) is 12.1 Å². The van der Waals surface area contributed by atoms with Gasteiger partial charge in [0, 0.05) is 42.5 Å². The first-order valence-electron chi connectivity index (χ1n) is 11.1. The predicted molar refractivity (Wildman–Crippen MR) is 126 cm³/mol. The summed E-state index contributed by atoms with van der Waals surface area (Å²) in [6, 6.07) is 7.47. The van der Waals surface area contributed by atoms with E-state index in [0.717, 1.165) is 50.3 Å². The van der Waals surface area contributed by atoms with E-state index < -0.39 is 0 Å². The highest BCUT2D eigenvalue weighted by Crippen LogP contribution is 2.29. The number of fused-ring (bicyclic) bond motifs is 1. The molecule has 2 aromatic rings. The van der Waals surface area contributed by atoms with Crippen LogP contribution in [0.3, 0.4) is 0 Å². The van der Waals surface area contributed by atoms with Gasteiger partial charge in [-0.2, -0.15) is 4.98 Å². The molecule has 3 N–H and O–H groups in total. The van der Waals surface area contributed by atoms with E-state index in [9.17, 15) is 4.79 Å². The lowest BCUT2D eigenvalue weighted by Gasteiger charge is -2.30. The van der Waals surface area contributed by atoms with Crippen LogP contribution in [0, 0.1) is 0 Å². The summed E-state index contributed by atoms with van der Waals surface area (Å²) in [5, 5.41) is 10.1. The molecule has 0 spiro atoms. The average molecular weight is 443 g/mol. The second-order valence-corrected chi connectivity index (χ2v) is 9.14. The lowest BCUT2D eigenvalue weighted by atomic mass is 9.91. The summed E-state index contributed by atoms with van der Waals surface area (Å²) in [6.45, 7) is 0. The van der Waals surface area contributed by atoms with Crippen LogP contribution in [0.25, 0.3) is 0 Å². The van der Waals surface area contributed by atoms with E-state index in [-0.39, 0.29) is 12.1 Å². The van der Waals surface area contributed by atoms with Crippen molar-refractivity contribution in [1.82, 2.24) is 15.3 Å². The third-order valence-corrected chi connectivity index (χ3v) is 6.30. The molecule has 2 aliphatic carbocycles. The topological polar surface area (TPSA) is 82.2 Å².